The fraction of sp³-hybridized carbons (Fsp3) is 0.952. The molecule has 0 bridgehead atoms. The van der Waals surface area contributed by atoms with Crippen molar-refractivity contribution in [1.82, 2.24) is 15.7 Å². The van der Waals surface area contributed by atoms with Gasteiger partial charge in [-0.3, -0.25) is 9.63 Å². The number of hydrogen-bond acceptors (Lipinski definition) is 5. The predicted octanol–water partition coefficient (Wildman–Crippen LogP) is 3.11. The molecule has 3 rings (SSSR count). The first-order chi connectivity index (χ1) is 12.1. The Morgan fingerprint density at radius 3 is 1.85 bits per heavy atom. The molecule has 3 aliphatic rings. The first-order valence-electron chi connectivity index (χ1n) is 10.3. The minimum Gasteiger partial charge on any atom is -0.339 e. The van der Waals surface area contributed by atoms with Gasteiger partial charge in [0, 0.05) is 47.8 Å². The van der Waals surface area contributed by atoms with Crippen molar-refractivity contribution in [2.75, 3.05) is 6.61 Å². The maximum Gasteiger partial charge on any atom is 0.254 e. The summed E-state index contributed by atoms with van der Waals surface area (Å²) in [4.78, 5) is 19.3. The van der Waals surface area contributed by atoms with Crippen molar-refractivity contribution < 1.29 is 14.4 Å². The van der Waals surface area contributed by atoms with Crippen LogP contribution in [0.3, 0.4) is 0 Å². The summed E-state index contributed by atoms with van der Waals surface area (Å²) < 4.78 is 6.82. The number of carbonyl (C=O) groups is 1. The molecule has 6 nitrogen and oxygen atoms in total. The summed E-state index contributed by atoms with van der Waals surface area (Å²) >= 11 is 0. The third-order valence-corrected chi connectivity index (χ3v) is 6.07. The Morgan fingerprint density at radius 1 is 0.926 bits per heavy atom. The van der Waals surface area contributed by atoms with Crippen molar-refractivity contribution in [3.63, 3.8) is 0 Å². The van der Waals surface area contributed by atoms with E-state index in [1.807, 2.05) is 6.92 Å². The van der Waals surface area contributed by atoms with E-state index in [9.17, 15) is 4.79 Å². The summed E-state index contributed by atoms with van der Waals surface area (Å²) in [5.74, 6) is 0.0432. The third-order valence-electron chi connectivity index (χ3n) is 6.07. The first-order valence-corrected chi connectivity index (χ1v) is 10.3. The van der Waals surface area contributed by atoms with E-state index in [0.717, 1.165) is 0 Å². The molecule has 6 heteroatoms. The maximum atomic E-state index is 13.3. The highest BCUT2D eigenvalue weighted by molar-refractivity contribution is 5.88. The summed E-state index contributed by atoms with van der Waals surface area (Å²) in [5.41, 5.74) is -2.27. The molecule has 3 fully saturated rings. The van der Waals surface area contributed by atoms with Crippen LogP contribution in [0.4, 0.5) is 0 Å². The second kappa shape index (κ2) is 5.91. The molecule has 0 aromatic heterocycles. The molecule has 156 valence electrons. The predicted molar refractivity (Wildman–Crippen MR) is 106 cm³/mol. The number of hydroxylamine groups is 2. The highest BCUT2D eigenvalue weighted by Crippen LogP contribution is 2.52. The molecule has 0 aliphatic carbocycles. The summed E-state index contributed by atoms with van der Waals surface area (Å²) in [6.07, 6.45) is 2.75. The van der Waals surface area contributed by atoms with E-state index in [0.29, 0.717) is 32.3 Å². The van der Waals surface area contributed by atoms with Crippen molar-refractivity contribution in [2.45, 2.75) is 121 Å². The van der Waals surface area contributed by atoms with Gasteiger partial charge < -0.3 is 15.4 Å². The SMILES string of the molecule is CCON1C(C)(C)CC2(CC1(C)C)NC(=O)C1(CC(C)(C)NC(C)(C)C1)O2. The first kappa shape index (κ1) is 21.0. The summed E-state index contributed by atoms with van der Waals surface area (Å²) in [7, 11) is 0. The van der Waals surface area contributed by atoms with Gasteiger partial charge in [-0.05, 0) is 62.3 Å². The van der Waals surface area contributed by atoms with Crippen LogP contribution in [0.5, 0.6) is 0 Å². The molecule has 2 spiro atoms. The second-order valence-corrected chi connectivity index (χ2v) is 11.5. The molecule has 1 amide bonds. The van der Waals surface area contributed by atoms with Crippen molar-refractivity contribution in [3.05, 3.63) is 0 Å². The average molecular weight is 382 g/mol. The zero-order valence-electron chi connectivity index (χ0n) is 18.7. The van der Waals surface area contributed by atoms with Gasteiger partial charge in [0.05, 0.1) is 6.61 Å². The molecule has 0 radical (unpaired) electrons. The molecular weight excluding hydrogens is 342 g/mol. The lowest BCUT2D eigenvalue weighted by Gasteiger charge is -2.57. The van der Waals surface area contributed by atoms with Gasteiger partial charge in [-0.2, -0.15) is 5.06 Å². The zero-order chi connectivity index (χ0) is 20.5. The molecule has 2 N–H and O–H groups in total. The maximum absolute atomic E-state index is 13.3. The fourth-order valence-corrected chi connectivity index (χ4v) is 6.56. The molecule has 3 heterocycles. The van der Waals surface area contributed by atoms with Crippen LogP contribution in [-0.2, 0) is 14.4 Å². The van der Waals surface area contributed by atoms with Gasteiger partial charge in [0.2, 0.25) is 0 Å². The zero-order valence-corrected chi connectivity index (χ0v) is 18.7. The number of hydrogen-bond donors (Lipinski definition) is 2. The summed E-state index contributed by atoms with van der Waals surface area (Å²) in [6.45, 7) is 19.9. The Bertz CT molecular complexity index is 590. The van der Waals surface area contributed by atoms with Crippen LogP contribution < -0.4 is 10.6 Å². The Hall–Kier alpha value is -0.690. The van der Waals surface area contributed by atoms with Gasteiger partial charge in [0.25, 0.3) is 5.91 Å². The van der Waals surface area contributed by atoms with Crippen LogP contribution in [0.1, 0.15) is 88.0 Å². The quantitative estimate of drug-likeness (QED) is 0.769. The molecule has 0 unspecified atom stereocenters. The van der Waals surface area contributed by atoms with Crippen LogP contribution in [-0.4, -0.2) is 51.1 Å². The van der Waals surface area contributed by atoms with E-state index in [1.165, 1.54) is 0 Å². The smallest absolute Gasteiger partial charge is 0.254 e. The van der Waals surface area contributed by atoms with Crippen LogP contribution in [0.15, 0.2) is 0 Å². The van der Waals surface area contributed by atoms with E-state index in [2.05, 4.69) is 71.1 Å². The van der Waals surface area contributed by atoms with E-state index < -0.39 is 11.3 Å². The monoisotopic (exact) mass is 381 g/mol. The van der Waals surface area contributed by atoms with Gasteiger partial charge in [0.1, 0.15) is 5.72 Å². The Labute approximate surface area is 164 Å². The van der Waals surface area contributed by atoms with Crippen LogP contribution >= 0.6 is 0 Å². The Kier molecular flexibility index (Phi) is 4.60. The van der Waals surface area contributed by atoms with Crippen molar-refractivity contribution >= 4 is 5.91 Å². The van der Waals surface area contributed by atoms with Crippen LogP contribution in [0.2, 0.25) is 0 Å². The lowest BCUT2D eigenvalue weighted by Crippen LogP contribution is -2.68. The molecule has 27 heavy (non-hydrogen) atoms. The molecular formula is C21H39N3O3. The van der Waals surface area contributed by atoms with Crippen molar-refractivity contribution in [1.29, 1.82) is 0 Å². The Morgan fingerprint density at radius 2 is 1.41 bits per heavy atom. The standard InChI is InChI=1S/C21H39N3O3/c1-10-26-24-18(6,7)13-21(14-19(24,8)9)22-15(25)20(27-21)11-16(2,3)23-17(4,5)12-20/h23H,10-14H2,1-9H3,(H,22,25). The van der Waals surface area contributed by atoms with Crippen LogP contribution in [0, 0.1) is 0 Å². The molecule has 0 aromatic rings. The number of rotatable bonds is 2. The van der Waals surface area contributed by atoms with Crippen molar-refractivity contribution in [3.8, 4) is 0 Å². The third kappa shape index (κ3) is 3.66. The van der Waals surface area contributed by atoms with Crippen molar-refractivity contribution in [2.24, 2.45) is 0 Å². The van der Waals surface area contributed by atoms with Gasteiger partial charge in [-0.1, -0.05) is 0 Å². The normalized spacial score (nSPS) is 32.6. The van der Waals surface area contributed by atoms with E-state index >= 15 is 0 Å². The number of amides is 1. The molecule has 0 aromatic carbocycles. The number of carbonyl (C=O) groups excluding carboxylic acids is 1. The molecule has 3 saturated heterocycles. The minimum atomic E-state index is -0.780. The largest absolute Gasteiger partial charge is 0.339 e. The second-order valence-electron chi connectivity index (χ2n) is 11.5. The van der Waals surface area contributed by atoms with E-state index in [1.54, 1.807) is 0 Å². The summed E-state index contributed by atoms with van der Waals surface area (Å²) in [6, 6.07) is 0. The highest BCUT2D eigenvalue weighted by Gasteiger charge is 2.65. The number of nitrogens with one attached hydrogen (secondary N) is 2. The van der Waals surface area contributed by atoms with Gasteiger partial charge >= 0.3 is 0 Å². The molecule has 0 atom stereocenters. The number of ether oxygens (including phenoxy) is 1. The number of nitrogens with zero attached hydrogens (tertiary/aromatic N) is 1. The topological polar surface area (TPSA) is 62.8 Å². The minimum absolute atomic E-state index is 0.0432. The van der Waals surface area contributed by atoms with E-state index in [4.69, 9.17) is 9.57 Å². The Balaban J connectivity index is 1.95. The highest BCUT2D eigenvalue weighted by atomic mass is 16.7. The molecule has 3 aliphatic heterocycles. The lowest BCUT2D eigenvalue weighted by atomic mass is 9.72. The van der Waals surface area contributed by atoms with Gasteiger partial charge in [-0.15, -0.1) is 0 Å². The number of piperidine rings is 2. The van der Waals surface area contributed by atoms with Crippen LogP contribution in [0.25, 0.3) is 0 Å². The van der Waals surface area contributed by atoms with Gasteiger partial charge in [0.15, 0.2) is 5.60 Å². The lowest BCUT2D eigenvalue weighted by molar-refractivity contribution is -0.314. The molecule has 0 saturated carbocycles. The van der Waals surface area contributed by atoms with Gasteiger partial charge in [-0.25, -0.2) is 0 Å². The summed E-state index contributed by atoms with van der Waals surface area (Å²) in [5, 5.41) is 9.07. The average Bonchev–Trinajstić information content (AvgIpc) is 2.59. The van der Waals surface area contributed by atoms with E-state index in [-0.39, 0.29) is 28.1 Å². The fourth-order valence-electron chi connectivity index (χ4n) is 6.56.